The van der Waals surface area contributed by atoms with Gasteiger partial charge in [0, 0.05) is 5.39 Å². The number of hydrogen-bond donors (Lipinski definition) is 6. The van der Waals surface area contributed by atoms with Crippen LogP contribution in [0.5, 0.6) is 0 Å². The molecule has 0 saturated carbocycles. The number of rotatable bonds is 3. The van der Waals surface area contributed by atoms with Gasteiger partial charge in [0.25, 0.3) is 5.91 Å². The van der Waals surface area contributed by atoms with Crippen molar-refractivity contribution in [1.29, 1.82) is 0 Å². The van der Waals surface area contributed by atoms with Gasteiger partial charge in [-0.1, -0.05) is 0 Å². The van der Waals surface area contributed by atoms with Crippen LogP contribution in [0.15, 0.2) is 12.3 Å². The van der Waals surface area contributed by atoms with Gasteiger partial charge in [-0.05, 0) is 25.0 Å². The van der Waals surface area contributed by atoms with E-state index in [9.17, 15) is 33.0 Å². The summed E-state index contributed by atoms with van der Waals surface area (Å²) < 4.78 is 45.2. The van der Waals surface area contributed by atoms with Gasteiger partial charge in [-0.3, -0.25) is 14.7 Å². The van der Waals surface area contributed by atoms with Crippen LogP contribution in [0.25, 0.3) is 10.2 Å². The first-order valence-electron chi connectivity index (χ1n) is 11.0. The first-order chi connectivity index (χ1) is 17.0. The van der Waals surface area contributed by atoms with Crippen molar-refractivity contribution in [3.63, 3.8) is 0 Å². The molecule has 0 aromatic carbocycles. The van der Waals surface area contributed by atoms with Gasteiger partial charge in [0.05, 0.1) is 35.6 Å². The molecule has 11 nitrogen and oxygen atoms in total. The Morgan fingerprint density at radius 1 is 1.28 bits per heavy atom. The average molecular weight is 524 g/mol. The highest BCUT2D eigenvalue weighted by molar-refractivity contribution is 7.21. The standard InChI is InChI=1S/C21H19F3N6O5S/c1-5-2-9(21(22,23)24)26-20-10(5)11-15(36-20)19(34)28-16(27-11)7-4-25-30-17(7)29-18(33)6-3-8-12(31)13(32)14(6)35-8/h2,4,6,8,12-14,16,27,31-32H,3H2,1H3,(H,28,34)(H2,25,29,30,33)/t6-,8-,12-,13-,14+,16?/m0/s1. The van der Waals surface area contributed by atoms with Crippen molar-refractivity contribution in [2.24, 2.45) is 5.92 Å². The van der Waals surface area contributed by atoms with E-state index in [4.69, 9.17) is 4.74 Å². The van der Waals surface area contributed by atoms with Crippen LogP contribution >= 0.6 is 11.3 Å². The molecule has 2 amide bonds. The van der Waals surface area contributed by atoms with Crippen LogP contribution in [0.4, 0.5) is 24.7 Å². The van der Waals surface area contributed by atoms with Crippen LogP contribution in [0.2, 0.25) is 0 Å². The molecule has 15 heteroatoms. The summed E-state index contributed by atoms with van der Waals surface area (Å²) in [5.74, 6) is -1.47. The zero-order valence-corrected chi connectivity index (χ0v) is 19.2. The number of halogens is 3. The normalized spacial score (nSPS) is 29.2. The molecule has 2 saturated heterocycles. The van der Waals surface area contributed by atoms with Crippen LogP contribution in [0.1, 0.15) is 39.1 Å². The molecule has 6 rings (SSSR count). The van der Waals surface area contributed by atoms with E-state index in [0.717, 1.165) is 17.4 Å². The second kappa shape index (κ2) is 7.86. The minimum absolute atomic E-state index is 0.0772. The first kappa shape index (κ1) is 23.1. The number of alkyl halides is 3. The summed E-state index contributed by atoms with van der Waals surface area (Å²) in [5, 5.41) is 35.5. The Kier molecular flexibility index (Phi) is 5.06. The summed E-state index contributed by atoms with van der Waals surface area (Å²) >= 11 is 0.854. The number of hydrogen-bond acceptors (Lipinski definition) is 9. The number of thiophene rings is 1. The third kappa shape index (κ3) is 3.45. The minimum Gasteiger partial charge on any atom is -0.388 e. The SMILES string of the molecule is Cc1cc(C(F)(F)F)nc2sc3c(c12)NC(c1cn[nH]c1NC(=O)[C@H]1C[C@@H]2O[C@H]1[C@@H](O)[C@H]2O)NC3=O. The highest BCUT2D eigenvalue weighted by atomic mass is 32.1. The maximum atomic E-state index is 13.2. The zero-order valence-electron chi connectivity index (χ0n) is 18.4. The van der Waals surface area contributed by atoms with Gasteiger partial charge in [0.15, 0.2) is 0 Å². The van der Waals surface area contributed by atoms with Crippen LogP contribution in [-0.4, -0.2) is 61.6 Å². The fourth-order valence-corrected chi connectivity index (χ4v) is 6.15. The Balaban J connectivity index is 1.28. The maximum Gasteiger partial charge on any atom is 0.433 e. The third-order valence-electron chi connectivity index (χ3n) is 6.77. The lowest BCUT2D eigenvalue weighted by Crippen LogP contribution is -2.45. The number of aliphatic hydroxyl groups excluding tert-OH is 2. The van der Waals surface area contributed by atoms with Crippen molar-refractivity contribution in [3.8, 4) is 0 Å². The van der Waals surface area contributed by atoms with Crippen LogP contribution in [0.3, 0.4) is 0 Å². The molecule has 6 heterocycles. The van der Waals surface area contributed by atoms with Gasteiger partial charge >= 0.3 is 6.18 Å². The Bertz CT molecular complexity index is 1400. The number of anilines is 2. The average Bonchev–Trinajstić information content (AvgIpc) is 3.57. The van der Waals surface area contributed by atoms with Gasteiger partial charge in [-0.15, -0.1) is 11.3 Å². The molecule has 190 valence electrons. The summed E-state index contributed by atoms with van der Waals surface area (Å²) in [6, 6.07) is 0.935. The lowest BCUT2D eigenvalue weighted by molar-refractivity contribution is -0.141. The number of pyridine rings is 1. The topological polar surface area (TPSA) is 161 Å². The van der Waals surface area contributed by atoms with Crippen molar-refractivity contribution < 1.29 is 37.7 Å². The van der Waals surface area contributed by atoms with E-state index in [1.54, 1.807) is 0 Å². The molecule has 0 aliphatic carbocycles. The second-order valence-corrected chi connectivity index (χ2v) is 10.0. The smallest absolute Gasteiger partial charge is 0.388 e. The second-order valence-electron chi connectivity index (χ2n) is 9.01. The number of amides is 2. The largest absolute Gasteiger partial charge is 0.433 e. The van der Waals surface area contributed by atoms with Gasteiger partial charge in [0.2, 0.25) is 5.91 Å². The van der Waals surface area contributed by atoms with Crippen LogP contribution < -0.4 is 16.0 Å². The molecule has 2 fully saturated rings. The molecule has 36 heavy (non-hydrogen) atoms. The Hall–Kier alpha value is -3.27. The lowest BCUT2D eigenvalue weighted by atomic mass is 9.85. The third-order valence-corrected chi connectivity index (χ3v) is 7.85. The van der Waals surface area contributed by atoms with Gasteiger partial charge in [-0.2, -0.15) is 18.3 Å². The van der Waals surface area contributed by atoms with Gasteiger partial charge < -0.3 is 30.9 Å². The van der Waals surface area contributed by atoms with E-state index < -0.39 is 60.2 Å². The highest BCUT2D eigenvalue weighted by Crippen LogP contribution is 2.44. The number of H-pyrrole nitrogens is 1. The molecule has 3 aromatic heterocycles. The van der Waals surface area contributed by atoms with E-state index in [2.05, 4.69) is 31.1 Å². The number of nitrogens with zero attached hydrogens (tertiary/aromatic N) is 2. The van der Waals surface area contributed by atoms with Crippen molar-refractivity contribution in [2.75, 3.05) is 10.6 Å². The predicted molar refractivity (Wildman–Crippen MR) is 119 cm³/mol. The number of ether oxygens (including phenoxy) is 1. The molecular weight excluding hydrogens is 505 g/mol. The number of carbonyl (C=O) groups excluding carboxylic acids is 2. The molecule has 6 atom stereocenters. The molecule has 0 spiro atoms. The molecule has 6 N–H and O–H groups in total. The van der Waals surface area contributed by atoms with Crippen molar-refractivity contribution in [2.45, 2.75) is 50.1 Å². The zero-order chi connectivity index (χ0) is 25.5. The highest BCUT2D eigenvalue weighted by Gasteiger charge is 2.55. The quantitative estimate of drug-likeness (QED) is 0.301. The predicted octanol–water partition coefficient (Wildman–Crippen LogP) is 1.65. The first-order valence-corrected chi connectivity index (χ1v) is 11.8. The lowest BCUT2D eigenvalue weighted by Gasteiger charge is -2.27. The van der Waals surface area contributed by atoms with Crippen molar-refractivity contribution in [1.82, 2.24) is 20.5 Å². The van der Waals surface area contributed by atoms with Gasteiger partial charge in [0.1, 0.15) is 39.6 Å². The molecule has 3 aliphatic rings. The van der Waals surface area contributed by atoms with Crippen LogP contribution in [0, 0.1) is 12.8 Å². The summed E-state index contributed by atoms with van der Waals surface area (Å²) in [6.45, 7) is 1.52. The van der Waals surface area contributed by atoms with Crippen LogP contribution in [-0.2, 0) is 15.7 Å². The molecule has 3 aromatic rings. The fourth-order valence-electron chi connectivity index (χ4n) is 5.03. The van der Waals surface area contributed by atoms with E-state index in [0.29, 0.717) is 22.2 Å². The number of nitrogens with one attached hydrogen (secondary N) is 4. The Morgan fingerprint density at radius 3 is 2.75 bits per heavy atom. The molecule has 2 bridgehead atoms. The number of aliphatic hydroxyl groups is 2. The molecule has 1 unspecified atom stereocenters. The summed E-state index contributed by atoms with van der Waals surface area (Å²) in [4.78, 5) is 29.8. The van der Waals surface area contributed by atoms with E-state index in [1.807, 2.05) is 0 Å². The number of carbonyl (C=O) groups is 2. The number of aromatic nitrogens is 3. The maximum absolute atomic E-state index is 13.2. The summed E-state index contributed by atoms with van der Waals surface area (Å²) in [7, 11) is 0. The van der Waals surface area contributed by atoms with E-state index in [1.165, 1.54) is 13.1 Å². The fraction of sp³-hybridized carbons (Fsp3) is 0.429. The van der Waals surface area contributed by atoms with Gasteiger partial charge in [-0.25, -0.2) is 4.98 Å². The monoisotopic (exact) mass is 524 g/mol. The van der Waals surface area contributed by atoms with E-state index in [-0.39, 0.29) is 21.9 Å². The van der Waals surface area contributed by atoms with Crippen molar-refractivity contribution >= 4 is 44.9 Å². The Morgan fingerprint density at radius 2 is 2.06 bits per heavy atom. The summed E-state index contributed by atoms with van der Waals surface area (Å²) in [6.07, 6.45) is -7.50. The number of aromatic amines is 1. The molecule has 3 aliphatic heterocycles. The summed E-state index contributed by atoms with van der Waals surface area (Å²) in [5.41, 5.74) is -0.00269. The molecule has 0 radical (unpaired) electrons. The molecular formula is C21H19F3N6O5S. The number of fused-ring (bicyclic) bond motifs is 5. The number of aryl methyl sites for hydroxylation is 1. The Labute approximate surface area is 204 Å². The van der Waals surface area contributed by atoms with Crippen molar-refractivity contribution in [3.05, 3.63) is 34.0 Å². The minimum atomic E-state index is -4.62. The van der Waals surface area contributed by atoms with E-state index >= 15 is 0 Å².